The Bertz CT molecular complexity index is 847. The Labute approximate surface area is 182 Å². The van der Waals surface area contributed by atoms with Gasteiger partial charge < -0.3 is 15.0 Å². The van der Waals surface area contributed by atoms with Crippen molar-refractivity contribution < 1.29 is 9.53 Å². The highest BCUT2D eigenvalue weighted by Crippen LogP contribution is 2.25. The first-order chi connectivity index (χ1) is 14.7. The van der Waals surface area contributed by atoms with Gasteiger partial charge in [-0.25, -0.2) is 9.97 Å². The molecule has 3 heterocycles. The minimum absolute atomic E-state index is 0.0426. The number of aromatic nitrogens is 2. The minimum Gasteiger partial charge on any atom is -0.376 e. The number of aryl methyl sites for hydroxylation is 1. The third kappa shape index (κ3) is 5.52. The monoisotopic (exact) mass is 426 g/mol. The van der Waals surface area contributed by atoms with Crippen molar-refractivity contribution in [3.8, 4) is 0 Å². The van der Waals surface area contributed by atoms with Crippen LogP contribution in [0.25, 0.3) is 0 Å². The number of thioether (sulfide) groups is 1. The molecule has 2 aromatic rings. The van der Waals surface area contributed by atoms with Gasteiger partial charge in [0.15, 0.2) is 5.16 Å². The zero-order valence-corrected chi connectivity index (χ0v) is 18.4. The second-order valence-electron chi connectivity index (χ2n) is 7.88. The summed E-state index contributed by atoms with van der Waals surface area (Å²) in [5, 5.41) is 3.80. The Kier molecular flexibility index (Phi) is 7.23. The van der Waals surface area contributed by atoms with Crippen molar-refractivity contribution in [1.82, 2.24) is 15.3 Å². The molecule has 0 spiro atoms. The summed E-state index contributed by atoms with van der Waals surface area (Å²) in [6, 6.07) is 9.93. The van der Waals surface area contributed by atoms with Crippen LogP contribution in [0.1, 0.15) is 54.2 Å². The molecular formula is C23H30N4O2S. The lowest BCUT2D eigenvalue weighted by Gasteiger charge is -2.17. The number of hydrogen-bond donors (Lipinski definition) is 1. The summed E-state index contributed by atoms with van der Waals surface area (Å²) in [4.78, 5) is 24.2. The molecule has 2 aliphatic heterocycles. The first-order valence-corrected chi connectivity index (χ1v) is 11.9. The van der Waals surface area contributed by atoms with Crippen molar-refractivity contribution >= 4 is 23.5 Å². The molecule has 1 aromatic carbocycles. The van der Waals surface area contributed by atoms with Crippen LogP contribution in [-0.2, 0) is 16.9 Å². The zero-order chi connectivity index (χ0) is 20.8. The third-order valence-electron chi connectivity index (χ3n) is 5.64. The highest BCUT2D eigenvalue weighted by Gasteiger charge is 2.17. The molecule has 1 atom stereocenters. The zero-order valence-electron chi connectivity index (χ0n) is 17.6. The largest absolute Gasteiger partial charge is 0.376 e. The van der Waals surface area contributed by atoms with E-state index in [-0.39, 0.29) is 12.0 Å². The molecule has 0 bridgehead atoms. The van der Waals surface area contributed by atoms with Gasteiger partial charge in [-0.05, 0) is 49.8 Å². The average Bonchev–Trinajstić information content (AvgIpc) is 3.50. The van der Waals surface area contributed by atoms with Crippen molar-refractivity contribution in [1.29, 1.82) is 0 Å². The number of nitrogens with one attached hydrogen (secondary N) is 1. The second-order valence-corrected chi connectivity index (χ2v) is 8.82. The minimum atomic E-state index is -0.0426. The SMILES string of the molecule is CCc1cc(N2CCCC2)nc(SCc2ccc(C(=O)NC[C@H]3CCCO3)cc2)n1. The molecule has 0 saturated carbocycles. The van der Waals surface area contributed by atoms with Crippen molar-refractivity contribution in [3.05, 3.63) is 47.2 Å². The van der Waals surface area contributed by atoms with Gasteiger partial charge in [0.2, 0.25) is 0 Å². The van der Waals surface area contributed by atoms with Crippen LogP contribution in [0.2, 0.25) is 0 Å². The highest BCUT2D eigenvalue weighted by atomic mass is 32.2. The Balaban J connectivity index is 1.33. The third-order valence-corrected chi connectivity index (χ3v) is 6.55. The summed E-state index contributed by atoms with van der Waals surface area (Å²) < 4.78 is 5.56. The number of carbonyl (C=O) groups is 1. The van der Waals surface area contributed by atoms with E-state index in [9.17, 15) is 4.79 Å². The van der Waals surface area contributed by atoms with Crippen molar-refractivity contribution in [2.45, 2.75) is 56.0 Å². The Morgan fingerprint density at radius 2 is 2.00 bits per heavy atom. The fourth-order valence-electron chi connectivity index (χ4n) is 3.83. The molecule has 160 valence electrons. The topological polar surface area (TPSA) is 67.4 Å². The molecule has 6 nitrogen and oxygen atoms in total. The molecule has 0 unspecified atom stereocenters. The normalized spacial score (nSPS) is 18.7. The van der Waals surface area contributed by atoms with Crippen LogP contribution in [0.15, 0.2) is 35.5 Å². The number of anilines is 1. The average molecular weight is 427 g/mol. The Morgan fingerprint density at radius 3 is 2.70 bits per heavy atom. The van der Waals surface area contributed by atoms with E-state index >= 15 is 0 Å². The number of hydrogen-bond acceptors (Lipinski definition) is 6. The number of rotatable bonds is 8. The van der Waals surface area contributed by atoms with E-state index in [2.05, 4.69) is 23.2 Å². The van der Waals surface area contributed by atoms with Crippen LogP contribution in [0.4, 0.5) is 5.82 Å². The van der Waals surface area contributed by atoms with Crippen molar-refractivity contribution in [2.24, 2.45) is 0 Å². The predicted molar refractivity (Wildman–Crippen MR) is 120 cm³/mol. The molecule has 1 N–H and O–H groups in total. The summed E-state index contributed by atoms with van der Waals surface area (Å²) in [5.74, 6) is 1.80. The van der Waals surface area contributed by atoms with Crippen LogP contribution in [-0.4, -0.2) is 48.2 Å². The first-order valence-electron chi connectivity index (χ1n) is 11.0. The smallest absolute Gasteiger partial charge is 0.251 e. The van der Waals surface area contributed by atoms with Crippen LogP contribution >= 0.6 is 11.8 Å². The molecule has 0 radical (unpaired) electrons. The molecule has 2 aliphatic rings. The lowest BCUT2D eigenvalue weighted by atomic mass is 10.1. The van der Waals surface area contributed by atoms with Crippen LogP contribution in [0, 0.1) is 0 Å². The van der Waals surface area contributed by atoms with Crippen molar-refractivity contribution in [2.75, 3.05) is 31.1 Å². The molecule has 4 rings (SSSR count). The van der Waals surface area contributed by atoms with Gasteiger partial charge in [-0.15, -0.1) is 0 Å². The van der Waals surface area contributed by atoms with E-state index in [4.69, 9.17) is 14.7 Å². The molecule has 2 saturated heterocycles. The van der Waals surface area contributed by atoms with E-state index in [1.165, 1.54) is 12.8 Å². The fraction of sp³-hybridized carbons (Fsp3) is 0.522. The maximum atomic E-state index is 12.3. The molecule has 1 aromatic heterocycles. The van der Waals surface area contributed by atoms with E-state index in [1.54, 1.807) is 11.8 Å². The molecule has 30 heavy (non-hydrogen) atoms. The maximum Gasteiger partial charge on any atom is 0.251 e. The fourth-order valence-corrected chi connectivity index (χ4v) is 4.66. The van der Waals surface area contributed by atoms with Crippen LogP contribution in [0.5, 0.6) is 0 Å². The van der Waals surface area contributed by atoms with Crippen LogP contribution < -0.4 is 10.2 Å². The number of ether oxygens (including phenoxy) is 1. The molecule has 0 aliphatic carbocycles. The highest BCUT2D eigenvalue weighted by molar-refractivity contribution is 7.98. The molecule has 7 heteroatoms. The van der Waals surface area contributed by atoms with Gasteiger partial charge in [-0.2, -0.15) is 0 Å². The summed E-state index contributed by atoms with van der Waals surface area (Å²) in [6.45, 7) is 5.69. The maximum absolute atomic E-state index is 12.3. The lowest BCUT2D eigenvalue weighted by molar-refractivity contribution is 0.0858. The summed E-state index contributed by atoms with van der Waals surface area (Å²) in [6.07, 6.45) is 5.65. The van der Waals surface area contributed by atoms with E-state index in [0.717, 1.165) is 66.9 Å². The van der Waals surface area contributed by atoms with E-state index in [1.807, 2.05) is 24.3 Å². The number of benzene rings is 1. The van der Waals surface area contributed by atoms with Crippen LogP contribution in [0.3, 0.4) is 0 Å². The second kappa shape index (κ2) is 10.3. The predicted octanol–water partition coefficient (Wildman–Crippen LogP) is 3.84. The van der Waals surface area contributed by atoms with Gasteiger partial charge >= 0.3 is 0 Å². The lowest BCUT2D eigenvalue weighted by Crippen LogP contribution is -2.31. The van der Waals surface area contributed by atoms with Gasteiger partial charge in [0.25, 0.3) is 5.91 Å². The Hall–Kier alpha value is -2.12. The summed E-state index contributed by atoms with van der Waals surface area (Å²) in [7, 11) is 0. The van der Waals surface area contributed by atoms with E-state index in [0.29, 0.717) is 12.1 Å². The molecule has 1 amide bonds. The first kappa shape index (κ1) is 21.1. The van der Waals surface area contributed by atoms with Gasteiger partial charge in [0.1, 0.15) is 5.82 Å². The number of carbonyl (C=O) groups excluding carboxylic acids is 1. The molecule has 2 fully saturated rings. The quantitative estimate of drug-likeness (QED) is 0.511. The van der Waals surface area contributed by atoms with Gasteiger partial charge in [0.05, 0.1) is 6.10 Å². The number of amides is 1. The Morgan fingerprint density at radius 1 is 1.20 bits per heavy atom. The summed E-state index contributed by atoms with van der Waals surface area (Å²) >= 11 is 1.65. The van der Waals surface area contributed by atoms with E-state index < -0.39 is 0 Å². The summed E-state index contributed by atoms with van der Waals surface area (Å²) in [5.41, 5.74) is 2.93. The molecular weight excluding hydrogens is 396 g/mol. The van der Waals surface area contributed by atoms with Gasteiger partial charge in [0, 0.05) is 49.3 Å². The van der Waals surface area contributed by atoms with Crippen molar-refractivity contribution in [3.63, 3.8) is 0 Å². The number of nitrogens with zero attached hydrogens (tertiary/aromatic N) is 3. The van der Waals surface area contributed by atoms with Gasteiger partial charge in [-0.3, -0.25) is 4.79 Å². The standard InChI is InChI=1S/C23H30N4O2S/c1-2-19-14-21(27-11-3-4-12-27)26-23(25-19)30-16-17-7-9-18(10-8-17)22(28)24-15-20-6-5-13-29-20/h7-10,14,20H,2-6,11-13,15-16H2,1H3,(H,24,28)/t20-/m1/s1. The van der Waals surface area contributed by atoms with Gasteiger partial charge in [-0.1, -0.05) is 30.8 Å².